The van der Waals surface area contributed by atoms with Crippen LogP contribution < -0.4 is 11.1 Å². The van der Waals surface area contributed by atoms with E-state index in [9.17, 15) is 4.79 Å². The molecule has 1 fully saturated rings. The molecule has 0 radical (unpaired) electrons. The Labute approximate surface area is 92.8 Å². The second-order valence-electron chi connectivity index (χ2n) is 4.60. The van der Waals surface area contributed by atoms with Gasteiger partial charge in [-0.15, -0.1) is 0 Å². The molecule has 15 heavy (non-hydrogen) atoms. The second-order valence-corrected chi connectivity index (χ2v) is 4.60. The normalized spacial score (nSPS) is 19.7. The number of carbonyl (C=O) groups is 1. The molecule has 1 aliphatic carbocycles. The zero-order chi connectivity index (χ0) is 11.3. The molecule has 0 spiro atoms. The fourth-order valence-electron chi connectivity index (χ4n) is 2.56. The van der Waals surface area contributed by atoms with Crippen molar-refractivity contribution in [1.29, 1.82) is 0 Å². The Bertz CT molecular complexity index is 196. The van der Waals surface area contributed by atoms with Crippen LogP contribution >= 0.6 is 0 Å². The molecule has 1 atom stereocenters. The van der Waals surface area contributed by atoms with E-state index < -0.39 is 0 Å². The summed E-state index contributed by atoms with van der Waals surface area (Å²) in [7, 11) is 0. The van der Waals surface area contributed by atoms with E-state index in [2.05, 4.69) is 19.2 Å². The highest BCUT2D eigenvalue weighted by Crippen LogP contribution is 2.21. The van der Waals surface area contributed by atoms with E-state index in [4.69, 9.17) is 5.73 Å². The molecule has 3 heteroatoms. The minimum absolute atomic E-state index is 0.122. The number of hydrogen-bond acceptors (Lipinski definition) is 2. The Morgan fingerprint density at radius 3 is 2.27 bits per heavy atom. The van der Waals surface area contributed by atoms with Crippen LogP contribution in [0.25, 0.3) is 0 Å². The van der Waals surface area contributed by atoms with Crippen LogP contribution in [-0.4, -0.2) is 18.0 Å². The minimum atomic E-state index is -0.185. The maximum Gasteiger partial charge on any atom is 0.234 e. The summed E-state index contributed by atoms with van der Waals surface area (Å²) in [6.07, 6.45) is 7.00. The molecular weight excluding hydrogens is 188 g/mol. The van der Waals surface area contributed by atoms with Crippen LogP contribution in [0.1, 0.15) is 52.4 Å². The van der Waals surface area contributed by atoms with Crippen molar-refractivity contribution in [2.75, 3.05) is 0 Å². The van der Waals surface area contributed by atoms with Gasteiger partial charge in [0.2, 0.25) is 5.91 Å². The number of amides is 1. The molecule has 1 aliphatic rings. The Hall–Kier alpha value is -0.570. The Morgan fingerprint density at radius 2 is 1.87 bits per heavy atom. The number of hydrogen-bond donors (Lipinski definition) is 2. The number of primary amides is 1. The average molecular weight is 212 g/mol. The SMILES string of the molecule is CCC(CC)C(NC1CCCC1)C(N)=O. The van der Waals surface area contributed by atoms with Crippen LogP contribution in [0.3, 0.4) is 0 Å². The highest BCUT2D eigenvalue weighted by atomic mass is 16.1. The maximum atomic E-state index is 11.4. The van der Waals surface area contributed by atoms with Crippen molar-refractivity contribution < 1.29 is 4.79 Å². The predicted molar refractivity (Wildman–Crippen MR) is 62.4 cm³/mol. The third-order valence-corrected chi connectivity index (χ3v) is 3.60. The summed E-state index contributed by atoms with van der Waals surface area (Å²) in [5.41, 5.74) is 5.47. The van der Waals surface area contributed by atoms with Gasteiger partial charge in [-0.1, -0.05) is 39.5 Å². The number of carbonyl (C=O) groups excluding carboxylic acids is 1. The lowest BCUT2D eigenvalue weighted by atomic mass is 9.93. The predicted octanol–water partition coefficient (Wildman–Crippen LogP) is 1.81. The quantitative estimate of drug-likeness (QED) is 0.705. The fourth-order valence-corrected chi connectivity index (χ4v) is 2.56. The van der Waals surface area contributed by atoms with E-state index in [-0.39, 0.29) is 11.9 Å². The molecule has 0 aliphatic heterocycles. The van der Waals surface area contributed by atoms with E-state index in [1.54, 1.807) is 0 Å². The highest BCUT2D eigenvalue weighted by Gasteiger charge is 2.27. The van der Waals surface area contributed by atoms with E-state index in [1.807, 2.05) is 0 Å². The summed E-state index contributed by atoms with van der Waals surface area (Å²) in [5.74, 6) is 0.207. The molecule has 88 valence electrons. The van der Waals surface area contributed by atoms with E-state index in [1.165, 1.54) is 25.7 Å². The molecule has 0 heterocycles. The molecule has 0 aromatic heterocycles. The zero-order valence-corrected chi connectivity index (χ0v) is 9.96. The molecule has 1 unspecified atom stereocenters. The topological polar surface area (TPSA) is 55.1 Å². The van der Waals surface area contributed by atoms with Gasteiger partial charge < -0.3 is 11.1 Å². The van der Waals surface area contributed by atoms with Gasteiger partial charge in [-0.25, -0.2) is 0 Å². The first-order valence-electron chi connectivity index (χ1n) is 6.24. The zero-order valence-electron chi connectivity index (χ0n) is 9.96. The Kier molecular flexibility index (Phi) is 5.09. The smallest absolute Gasteiger partial charge is 0.234 e. The highest BCUT2D eigenvalue weighted by molar-refractivity contribution is 5.80. The van der Waals surface area contributed by atoms with E-state index in [0.29, 0.717) is 12.0 Å². The molecule has 1 amide bonds. The van der Waals surface area contributed by atoms with Crippen molar-refractivity contribution in [1.82, 2.24) is 5.32 Å². The van der Waals surface area contributed by atoms with E-state index >= 15 is 0 Å². The van der Waals surface area contributed by atoms with Gasteiger partial charge in [-0.2, -0.15) is 0 Å². The van der Waals surface area contributed by atoms with Gasteiger partial charge in [0.05, 0.1) is 6.04 Å². The van der Waals surface area contributed by atoms with Gasteiger partial charge in [-0.3, -0.25) is 4.79 Å². The second kappa shape index (κ2) is 6.11. The first-order chi connectivity index (χ1) is 7.19. The van der Waals surface area contributed by atoms with Crippen LogP contribution in [0.2, 0.25) is 0 Å². The molecule has 0 aromatic rings. The summed E-state index contributed by atoms with van der Waals surface area (Å²) >= 11 is 0. The summed E-state index contributed by atoms with van der Waals surface area (Å²) in [6.45, 7) is 4.25. The van der Waals surface area contributed by atoms with Crippen molar-refractivity contribution in [2.45, 2.75) is 64.5 Å². The van der Waals surface area contributed by atoms with Crippen molar-refractivity contribution in [3.05, 3.63) is 0 Å². The van der Waals surface area contributed by atoms with Gasteiger partial charge in [0.15, 0.2) is 0 Å². The third-order valence-electron chi connectivity index (χ3n) is 3.60. The number of rotatable bonds is 6. The average Bonchev–Trinajstić information content (AvgIpc) is 2.70. The van der Waals surface area contributed by atoms with Crippen LogP contribution in [0, 0.1) is 5.92 Å². The number of nitrogens with two attached hydrogens (primary N) is 1. The fraction of sp³-hybridized carbons (Fsp3) is 0.917. The number of nitrogens with one attached hydrogen (secondary N) is 1. The van der Waals surface area contributed by atoms with Crippen LogP contribution in [0.4, 0.5) is 0 Å². The van der Waals surface area contributed by atoms with Crippen molar-refractivity contribution in [3.8, 4) is 0 Å². The largest absolute Gasteiger partial charge is 0.368 e. The lowest BCUT2D eigenvalue weighted by Crippen LogP contribution is -2.49. The van der Waals surface area contributed by atoms with Crippen LogP contribution in [-0.2, 0) is 4.79 Å². The van der Waals surface area contributed by atoms with Gasteiger partial charge in [0.25, 0.3) is 0 Å². The van der Waals surface area contributed by atoms with Gasteiger partial charge in [0, 0.05) is 6.04 Å². The minimum Gasteiger partial charge on any atom is -0.368 e. The Morgan fingerprint density at radius 1 is 1.33 bits per heavy atom. The van der Waals surface area contributed by atoms with Crippen molar-refractivity contribution >= 4 is 5.91 Å². The monoisotopic (exact) mass is 212 g/mol. The molecule has 1 saturated carbocycles. The van der Waals surface area contributed by atoms with Crippen LogP contribution in [0.5, 0.6) is 0 Å². The molecule has 3 nitrogen and oxygen atoms in total. The summed E-state index contributed by atoms with van der Waals surface area (Å²) in [5, 5.41) is 3.44. The molecule has 3 N–H and O–H groups in total. The molecule has 0 saturated heterocycles. The summed E-state index contributed by atoms with van der Waals surface area (Å²) in [4.78, 5) is 11.4. The van der Waals surface area contributed by atoms with Crippen molar-refractivity contribution in [2.24, 2.45) is 11.7 Å². The van der Waals surface area contributed by atoms with Gasteiger partial charge in [-0.05, 0) is 18.8 Å². The third kappa shape index (κ3) is 3.49. The molecule has 0 aromatic carbocycles. The summed E-state index contributed by atoms with van der Waals surface area (Å²) in [6, 6.07) is 0.395. The lowest BCUT2D eigenvalue weighted by molar-refractivity contribution is -0.121. The van der Waals surface area contributed by atoms with Crippen LogP contribution in [0.15, 0.2) is 0 Å². The Balaban J connectivity index is 2.52. The molecular formula is C12H24N2O. The lowest BCUT2D eigenvalue weighted by Gasteiger charge is -2.26. The van der Waals surface area contributed by atoms with Gasteiger partial charge in [0.1, 0.15) is 0 Å². The van der Waals surface area contributed by atoms with Crippen molar-refractivity contribution in [3.63, 3.8) is 0 Å². The standard InChI is InChI=1S/C12H24N2O/c1-3-9(4-2)11(12(13)15)14-10-7-5-6-8-10/h9-11,14H,3-8H2,1-2H3,(H2,13,15). The first kappa shape index (κ1) is 12.5. The first-order valence-corrected chi connectivity index (χ1v) is 6.24. The van der Waals surface area contributed by atoms with Gasteiger partial charge >= 0.3 is 0 Å². The van der Waals surface area contributed by atoms with E-state index in [0.717, 1.165) is 12.8 Å². The summed E-state index contributed by atoms with van der Waals surface area (Å²) < 4.78 is 0. The molecule has 0 bridgehead atoms. The maximum absolute atomic E-state index is 11.4. The molecule has 1 rings (SSSR count).